The largest absolute Gasteiger partial charge is 0.309 e. The van der Waals surface area contributed by atoms with Crippen LogP contribution in [0, 0.1) is 0 Å². The van der Waals surface area contributed by atoms with Gasteiger partial charge in [-0.25, -0.2) is 0 Å². The maximum absolute atomic E-state index is 4.43. The van der Waals surface area contributed by atoms with Crippen molar-refractivity contribution in [3.8, 4) is 0 Å². The Morgan fingerprint density at radius 1 is 1.16 bits per heavy atom. The Labute approximate surface area is 114 Å². The van der Waals surface area contributed by atoms with Gasteiger partial charge in [0.25, 0.3) is 0 Å². The zero-order chi connectivity index (χ0) is 13.2. The number of fused-ring (bicyclic) bond motifs is 1. The molecule has 2 aromatic rings. The van der Waals surface area contributed by atoms with Gasteiger partial charge in [-0.2, -0.15) is 0 Å². The highest BCUT2D eigenvalue weighted by Gasteiger charge is 2.21. The van der Waals surface area contributed by atoms with Crippen LogP contribution in [-0.4, -0.2) is 35.1 Å². The van der Waals surface area contributed by atoms with E-state index in [-0.39, 0.29) is 0 Å². The summed E-state index contributed by atoms with van der Waals surface area (Å²) in [5, 5.41) is 4.86. The van der Waals surface area contributed by atoms with Crippen LogP contribution in [0.25, 0.3) is 10.9 Å². The molecule has 3 nitrogen and oxygen atoms in total. The molecule has 0 saturated carbocycles. The summed E-state index contributed by atoms with van der Waals surface area (Å²) >= 11 is 0. The third-order valence-electron chi connectivity index (χ3n) is 3.77. The van der Waals surface area contributed by atoms with Crippen LogP contribution in [0.2, 0.25) is 0 Å². The van der Waals surface area contributed by atoms with Crippen LogP contribution < -0.4 is 5.32 Å². The van der Waals surface area contributed by atoms with Crippen LogP contribution in [-0.2, 0) is 6.54 Å². The Bertz CT molecular complexity index is 551. The maximum Gasteiger partial charge on any atom is 0.0705 e. The van der Waals surface area contributed by atoms with Crippen LogP contribution in [0.5, 0.6) is 0 Å². The van der Waals surface area contributed by atoms with Crippen molar-refractivity contribution in [2.24, 2.45) is 0 Å². The lowest BCUT2D eigenvalue weighted by Crippen LogP contribution is -2.53. The van der Waals surface area contributed by atoms with E-state index in [1.165, 1.54) is 10.9 Å². The quantitative estimate of drug-likeness (QED) is 0.893. The SMILES string of the molecule is CC1CN(Cc2ccnc3ccccc23)CC(C)N1. The Kier molecular flexibility index (Phi) is 3.49. The highest BCUT2D eigenvalue weighted by molar-refractivity contribution is 5.81. The molecular weight excluding hydrogens is 234 g/mol. The molecule has 2 unspecified atom stereocenters. The molecule has 1 aromatic carbocycles. The number of hydrogen-bond donors (Lipinski definition) is 1. The Balaban J connectivity index is 1.85. The van der Waals surface area contributed by atoms with Gasteiger partial charge in [-0.15, -0.1) is 0 Å². The van der Waals surface area contributed by atoms with Crippen LogP contribution in [0.1, 0.15) is 19.4 Å². The molecule has 0 amide bonds. The summed E-state index contributed by atoms with van der Waals surface area (Å²) in [6, 6.07) is 11.7. The van der Waals surface area contributed by atoms with E-state index in [1.807, 2.05) is 12.3 Å². The van der Waals surface area contributed by atoms with E-state index in [2.05, 4.69) is 53.3 Å². The third kappa shape index (κ3) is 2.77. The van der Waals surface area contributed by atoms with Gasteiger partial charge in [-0.3, -0.25) is 9.88 Å². The third-order valence-corrected chi connectivity index (χ3v) is 3.77. The fraction of sp³-hybridized carbons (Fsp3) is 0.438. The van der Waals surface area contributed by atoms with E-state index < -0.39 is 0 Å². The summed E-state index contributed by atoms with van der Waals surface area (Å²) in [5.74, 6) is 0. The number of hydrogen-bond acceptors (Lipinski definition) is 3. The summed E-state index contributed by atoms with van der Waals surface area (Å²) in [6.07, 6.45) is 1.92. The van der Waals surface area contributed by atoms with E-state index in [0.717, 1.165) is 25.2 Å². The average Bonchev–Trinajstić information content (AvgIpc) is 2.38. The van der Waals surface area contributed by atoms with E-state index in [0.29, 0.717) is 12.1 Å². The van der Waals surface area contributed by atoms with E-state index >= 15 is 0 Å². The number of pyridine rings is 1. The van der Waals surface area contributed by atoms with Crippen LogP contribution in [0.4, 0.5) is 0 Å². The summed E-state index contributed by atoms with van der Waals surface area (Å²) in [4.78, 5) is 6.97. The molecule has 1 fully saturated rings. The molecule has 0 bridgehead atoms. The fourth-order valence-corrected chi connectivity index (χ4v) is 3.10. The number of nitrogens with zero attached hydrogens (tertiary/aromatic N) is 2. The first kappa shape index (κ1) is 12.6. The minimum Gasteiger partial charge on any atom is -0.309 e. The summed E-state index contributed by atoms with van der Waals surface area (Å²) in [6.45, 7) is 7.75. The van der Waals surface area contributed by atoms with Gasteiger partial charge in [0.2, 0.25) is 0 Å². The van der Waals surface area contributed by atoms with E-state index in [4.69, 9.17) is 0 Å². The molecule has 1 N–H and O–H groups in total. The molecule has 100 valence electrons. The second kappa shape index (κ2) is 5.27. The predicted octanol–water partition coefficient (Wildman–Crippen LogP) is 2.42. The van der Waals surface area contributed by atoms with Crippen LogP contribution >= 0.6 is 0 Å². The molecule has 1 aromatic heterocycles. The number of aromatic nitrogens is 1. The Morgan fingerprint density at radius 2 is 1.89 bits per heavy atom. The summed E-state index contributed by atoms with van der Waals surface area (Å²) < 4.78 is 0. The minimum absolute atomic E-state index is 0.567. The van der Waals surface area contributed by atoms with Crippen molar-refractivity contribution in [1.29, 1.82) is 0 Å². The summed E-state index contributed by atoms with van der Waals surface area (Å²) in [5.41, 5.74) is 2.48. The van der Waals surface area contributed by atoms with Gasteiger partial charge in [-0.05, 0) is 31.5 Å². The molecule has 0 spiro atoms. The van der Waals surface area contributed by atoms with Crippen molar-refractivity contribution >= 4 is 10.9 Å². The number of piperazine rings is 1. The molecule has 1 aliphatic heterocycles. The number of nitrogens with one attached hydrogen (secondary N) is 1. The number of para-hydroxylation sites is 1. The van der Waals surface area contributed by atoms with Crippen molar-refractivity contribution < 1.29 is 0 Å². The maximum atomic E-state index is 4.43. The van der Waals surface area contributed by atoms with Crippen molar-refractivity contribution in [2.75, 3.05) is 13.1 Å². The van der Waals surface area contributed by atoms with Gasteiger partial charge in [0.05, 0.1) is 5.52 Å². The highest BCUT2D eigenvalue weighted by Crippen LogP contribution is 2.19. The second-order valence-electron chi connectivity index (χ2n) is 5.65. The standard InChI is InChI=1S/C16H21N3/c1-12-9-19(10-13(2)18-12)11-14-7-8-17-16-6-4-3-5-15(14)16/h3-8,12-13,18H,9-11H2,1-2H3. The van der Waals surface area contributed by atoms with Crippen molar-refractivity contribution in [3.05, 3.63) is 42.1 Å². The lowest BCUT2D eigenvalue weighted by molar-refractivity contribution is 0.167. The van der Waals surface area contributed by atoms with Gasteiger partial charge in [0, 0.05) is 43.3 Å². The topological polar surface area (TPSA) is 28.2 Å². The zero-order valence-corrected chi connectivity index (χ0v) is 11.6. The first-order valence-electron chi connectivity index (χ1n) is 7.03. The molecule has 1 aliphatic rings. The fourth-order valence-electron chi connectivity index (χ4n) is 3.10. The lowest BCUT2D eigenvalue weighted by Gasteiger charge is -2.36. The molecule has 0 radical (unpaired) electrons. The van der Waals surface area contributed by atoms with Crippen molar-refractivity contribution in [2.45, 2.75) is 32.5 Å². The average molecular weight is 255 g/mol. The van der Waals surface area contributed by atoms with E-state index in [9.17, 15) is 0 Å². The molecule has 3 heteroatoms. The van der Waals surface area contributed by atoms with Gasteiger partial charge in [-0.1, -0.05) is 18.2 Å². The second-order valence-corrected chi connectivity index (χ2v) is 5.65. The molecule has 0 aliphatic carbocycles. The Hall–Kier alpha value is -1.45. The van der Waals surface area contributed by atoms with Gasteiger partial charge < -0.3 is 5.32 Å². The first-order valence-corrected chi connectivity index (χ1v) is 7.03. The minimum atomic E-state index is 0.567. The van der Waals surface area contributed by atoms with Gasteiger partial charge >= 0.3 is 0 Å². The molecule has 19 heavy (non-hydrogen) atoms. The first-order chi connectivity index (χ1) is 9.22. The summed E-state index contributed by atoms with van der Waals surface area (Å²) in [7, 11) is 0. The molecular formula is C16H21N3. The molecule has 1 saturated heterocycles. The predicted molar refractivity (Wildman–Crippen MR) is 79.1 cm³/mol. The molecule has 3 rings (SSSR count). The molecule has 2 atom stereocenters. The number of benzene rings is 1. The van der Waals surface area contributed by atoms with Crippen molar-refractivity contribution in [3.63, 3.8) is 0 Å². The van der Waals surface area contributed by atoms with Crippen LogP contribution in [0.15, 0.2) is 36.5 Å². The molecule has 2 heterocycles. The van der Waals surface area contributed by atoms with Crippen LogP contribution in [0.3, 0.4) is 0 Å². The van der Waals surface area contributed by atoms with Gasteiger partial charge in [0.15, 0.2) is 0 Å². The zero-order valence-electron chi connectivity index (χ0n) is 11.6. The van der Waals surface area contributed by atoms with E-state index in [1.54, 1.807) is 0 Å². The highest BCUT2D eigenvalue weighted by atomic mass is 15.2. The van der Waals surface area contributed by atoms with Crippen molar-refractivity contribution in [1.82, 2.24) is 15.2 Å². The number of rotatable bonds is 2. The lowest BCUT2D eigenvalue weighted by atomic mass is 10.1. The normalized spacial score (nSPS) is 24.7. The Morgan fingerprint density at radius 3 is 2.68 bits per heavy atom. The monoisotopic (exact) mass is 255 g/mol. The van der Waals surface area contributed by atoms with Gasteiger partial charge in [0.1, 0.15) is 0 Å². The smallest absolute Gasteiger partial charge is 0.0705 e.